The quantitative estimate of drug-likeness (QED) is 0.890. The molecule has 0 atom stereocenters. The summed E-state index contributed by atoms with van der Waals surface area (Å²) in [5.41, 5.74) is 2.63. The fourth-order valence-electron chi connectivity index (χ4n) is 1.61. The van der Waals surface area contributed by atoms with Crippen LogP contribution in [0, 0.1) is 29.6 Å². The molecule has 2 aromatic rings. The van der Waals surface area contributed by atoms with Gasteiger partial charge in [0.25, 0.3) is 0 Å². The van der Waals surface area contributed by atoms with Gasteiger partial charge in [-0.1, -0.05) is 0 Å². The summed E-state index contributed by atoms with van der Waals surface area (Å²) in [6.45, 7) is 2.52. The van der Waals surface area contributed by atoms with E-state index >= 15 is 0 Å². The first-order valence-corrected chi connectivity index (χ1v) is 5.45. The maximum absolute atomic E-state index is 8.92. The lowest BCUT2D eigenvalue weighted by molar-refractivity contribution is 0.515. The lowest BCUT2D eigenvalue weighted by Crippen LogP contribution is -2.00. The average molecular weight is 237 g/mol. The molecule has 1 aromatic heterocycles. The number of hydrogen-bond acceptors (Lipinski definition) is 4. The van der Waals surface area contributed by atoms with E-state index in [0.29, 0.717) is 17.7 Å². The van der Waals surface area contributed by atoms with Crippen molar-refractivity contribution in [2.75, 3.05) is 5.32 Å². The van der Waals surface area contributed by atoms with Gasteiger partial charge in [-0.05, 0) is 36.8 Å². The molecule has 0 saturated carbocycles. The van der Waals surface area contributed by atoms with Gasteiger partial charge in [-0.3, -0.25) is 0 Å². The highest BCUT2D eigenvalue weighted by Crippen LogP contribution is 2.16. The van der Waals surface area contributed by atoms with Crippen LogP contribution in [0.15, 0.2) is 34.9 Å². The zero-order valence-corrected chi connectivity index (χ0v) is 9.90. The van der Waals surface area contributed by atoms with E-state index in [1.165, 1.54) is 0 Å². The van der Waals surface area contributed by atoms with Crippen LogP contribution in [0.3, 0.4) is 0 Å². The Morgan fingerprint density at radius 3 is 2.56 bits per heavy atom. The molecule has 4 nitrogen and oxygen atoms in total. The van der Waals surface area contributed by atoms with Crippen LogP contribution in [0.2, 0.25) is 0 Å². The second-order valence-electron chi connectivity index (χ2n) is 3.86. The Labute approximate surface area is 105 Å². The SMILES string of the molecule is Cc1ccoc1CNc1ccc(C#N)c(C#N)c1. The summed E-state index contributed by atoms with van der Waals surface area (Å²) in [6, 6.07) is 11.0. The molecule has 2 rings (SSSR count). The Balaban J connectivity index is 2.14. The maximum Gasteiger partial charge on any atom is 0.125 e. The summed E-state index contributed by atoms with van der Waals surface area (Å²) in [5.74, 6) is 0.859. The number of benzene rings is 1. The van der Waals surface area contributed by atoms with Crippen molar-refractivity contribution in [3.8, 4) is 12.1 Å². The minimum Gasteiger partial charge on any atom is -0.467 e. The predicted octanol–water partition coefficient (Wildman–Crippen LogP) is 2.94. The van der Waals surface area contributed by atoms with Gasteiger partial charge in [0.15, 0.2) is 0 Å². The molecular formula is C14H11N3O. The van der Waals surface area contributed by atoms with Gasteiger partial charge < -0.3 is 9.73 Å². The van der Waals surface area contributed by atoms with E-state index in [9.17, 15) is 0 Å². The van der Waals surface area contributed by atoms with Crippen molar-refractivity contribution in [1.82, 2.24) is 0 Å². The third kappa shape index (κ3) is 2.34. The van der Waals surface area contributed by atoms with Crippen LogP contribution in [0.25, 0.3) is 0 Å². The Hall–Kier alpha value is -2.72. The number of furan rings is 1. The number of nitrogens with zero attached hydrogens (tertiary/aromatic N) is 2. The van der Waals surface area contributed by atoms with Crippen LogP contribution in [0.1, 0.15) is 22.5 Å². The van der Waals surface area contributed by atoms with Crippen molar-refractivity contribution in [2.45, 2.75) is 13.5 Å². The van der Waals surface area contributed by atoms with E-state index in [-0.39, 0.29) is 0 Å². The Kier molecular flexibility index (Phi) is 3.31. The van der Waals surface area contributed by atoms with Crippen molar-refractivity contribution in [3.63, 3.8) is 0 Å². The van der Waals surface area contributed by atoms with Gasteiger partial charge in [-0.15, -0.1) is 0 Å². The topological polar surface area (TPSA) is 72.8 Å². The third-order valence-electron chi connectivity index (χ3n) is 2.68. The smallest absolute Gasteiger partial charge is 0.125 e. The number of rotatable bonds is 3. The molecule has 0 spiro atoms. The zero-order chi connectivity index (χ0) is 13.0. The van der Waals surface area contributed by atoms with Crippen molar-refractivity contribution >= 4 is 5.69 Å². The normalized spacial score (nSPS) is 9.50. The molecule has 1 heterocycles. The molecule has 0 aliphatic rings. The molecule has 0 fully saturated rings. The minimum absolute atomic E-state index is 0.374. The van der Waals surface area contributed by atoms with Crippen molar-refractivity contribution in [1.29, 1.82) is 10.5 Å². The van der Waals surface area contributed by atoms with Crippen LogP contribution in [-0.2, 0) is 6.54 Å². The van der Waals surface area contributed by atoms with Crippen LogP contribution >= 0.6 is 0 Å². The van der Waals surface area contributed by atoms with Gasteiger partial charge in [0, 0.05) is 5.69 Å². The van der Waals surface area contributed by atoms with Crippen molar-refractivity contribution in [2.24, 2.45) is 0 Å². The predicted molar refractivity (Wildman–Crippen MR) is 66.6 cm³/mol. The maximum atomic E-state index is 8.92. The zero-order valence-electron chi connectivity index (χ0n) is 9.90. The molecule has 18 heavy (non-hydrogen) atoms. The van der Waals surface area contributed by atoms with E-state index in [1.807, 2.05) is 25.1 Å². The highest BCUT2D eigenvalue weighted by atomic mass is 16.3. The number of nitriles is 2. The minimum atomic E-state index is 0.374. The van der Waals surface area contributed by atoms with E-state index in [4.69, 9.17) is 14.9 Å². The first-order valence-electron chi connectivity index (χ1n) is 5.45. The van der Waals surface area contributed by atoms with Gasteiger partial charge in [0.05, 0.1) is 23.9 Å². The van der Waals surface area contributed by atoms with Gasteiger partial charge in [0.2, 0.25) is 0 Å². The van der Waals surface area contributed by atoms with Crippen LogP contribution in [0.5, 0.6) is 0 Å². The number of nitrogens with one attached hydrogen (secondary N) is 1. The number of aryl methyl sites for hydroxylation is 1. The van der Waals surface area contributed by atoms with Crippen LogP contribution in [-0.4, -0.2) is 0 Å². The summed E-state index contributed by atoms with van der Waals surface area (Å²) in [5, 5.41) is 20.9. The summed E-state index contributed by atoms with van der Waals surface area (Å²) in [4.78, 5) is 0. The molecule has 1 N–H and O–H groups in total. The first-order chi connectivity index (χ1) is 8.74. The molecule has 0 aliphatic heterocycles. The number of hydrogen-bond donors (Lipinski definition) is 1. The fraction of sp³-hybridized carbons (Fsp3) is 0.143. The molecule has 0 unspecified atom stereocenters. The van der Waals surface area contributed by atoms with E-state index in [1.54, 1.807) is 24.5 Å². The van der Waals surface area contributed by atoms with E-state index < -0.39 is 0 Å². The Bertz CT molecular complexity index is 644. The monoisotopic (exact) mass is 237 g/mol. The molecule has 88 valence electrons. The molecular weight excluding hydrogens is 226 g/mol. The molecule has 0 aliphatic carbocycles. The second kappa shape index (κ2) is 5.07. The first kappa shape index (κ1) is 11.8. The summed E-state index contributed by atoms with van der Waals surface area (Å²) < 4.78 is 5.31. The molecule has 4 heteroatoms. The summed E-state index contributed by atoms with van der Waals surface area (Å²) in [7, 11) is 0. The van der Waals surface area contributed by atoms with Gasteiger partial charge in [-0.25, -0.2) is 0 Å². The molecule has 1 aromatic carbocycles. The van der Waals surface area contributed by atoms with Crippen LogP contribution in [0.4, 0.5) is 5.69 Å². The average Bonchev–Trinajstić information content (AvgIpc) is 2.81. The third-order valence-corrected chi connectivity index (χ3v) is 2.68. The lowest BCUT2D eigenvalue weighted by atomic mass is 10.1. The Morgan fingerprint density at radius 2 is 1.94 bits per heavy atom. The number of anilines is 1. The van der Waals surface area contributed by atoms with E-state index in [0.717, 1.165) is 17.0 Å². The van der Waals surface area contributed by atoms with Gasteiger partial charge in [-0.2, -0.15) is 10.5 Å². The summed E-state index contributed by atoms with van der Waals surface area (Å²) >= 11 is 0. The molecule has 0 saturated heterocycles. The molecule has 0 radical (unpaired) electrons. The Morgan fingerprint density at radius 1 is 1.17 bits per heavy atom. The highest BCUT2D eigenvalue weighted by molar-refractivity contribution is 5.56. The molecule has 0 amide bonds. The van der Waals surface area contributed by atoms with Crippen molar-refractivity contribution < 1.29 is 4.42 Å². The van der Waals surface area contributed by atoms with Gasteiger partial charge >= 0.3 is 0 Å². The van der Waals surface area contributed by atoms with Crippen LogP contribution < -0.4 is 5.32 Å². The lowest BCUT2D eigenvalue weighted by Gasteiger charge is -2.06. The largest absolute Gasteiger partial charge is 0.467 e. The molecule has 0 bridgehead atoms. The standard InChI is InChI=1S/C14H11N3O/c1-10-4-5-18-14(10)9-17-13-3-2-11(7-15)12(6-13)8-16/h2-6,17H,9H2,1H3. The second-order valence-corrected chi connectivity index (χ2v) is 3.86. The highest BCUT2D eigenvalue weighted by Gasteiger charge is 2.04. The van der Waals surface area contributed by atoms with Gasteiger partial charge in [0.1, 0.15) is 17.9 Å². The summed E-state index contributed by atoms with van der Waals surface area (Å²) in [6.07, 6.45) is 1.64. The van der Waals surface area contributed by atoms with Crippen molar-refractivity contribution in [3.05, 3.63) is 53.0 Å². The fourth-order valence-corrected chi connectivity index (χ4v) is 1.61. The van der Waals surface area contributed by atoms with E-state index in [2.05, 4.69) is 5.32 Å².